The monoisotopic (exact) mass is 435 g/mol. The molecule has 6 heteroatoms. The van der Waals surface area contributed by atoms with Gasteiger partial charge in [0.1, 0.15) is 5.75 Å². The Morgan fingerprint density at radius 1 is 0.938 bits per heavy atom. The van der Waals surface area contributed by atoms with Crippen LogP contribution in [-0.4, -0.2) is 60.9 Å². The van der Waals surface area contributed by atoms with E-state index in [-0.39, 0.29) is 17.9 Å². The molecule has 32 heavy (non-hydrogen) atoms. The molecule has 2 aromatic carbocycles. The van der Waals surface area contributed by atoms with Crippen LogP contribution in [0.5, 0.6) is 5.75 Å². The summed E-state index contributed by atoms with van der Waals surface area (Å²) in [4.78, 5) is 30.4. The highest BCUT2D eigenvalue weighted by Crippen LogP contribution is 2.32. The number of ether oxygens (including phenoxy) is 1. The Kier molecular flexibility index (Phi) is 7.10. The zero-order chi connectivity index (χ0) is 22.5. The van der Waals surface area contributed by atoms with Crippen molar-refractivity contribution in [2.24, 2.45) is 5.92 Å². The van der Waals surface area contributed by atoms with Gasteiger partial charge in [-0.05, 0) is 62.1 Å². The molecule has 170 valence electrons. The van der Waals surface area contributed by atoms with Crippen LogP contribution in [0.3, 0.4) is 0 Å². The topological polar surface area (TPSA) is 61.9 Å². The van der Waals surface area contributed by atoms with E-state index in [2.05, 4.69) is 10.2 Å². The van der Waals surface area contributed by atoms with E-state index in [1.807, 2.05) is 60.4 Å². The summed E-state index contributed by atoms with van der Waals surface area (Å²) in [5.41, 5.74) is 2.66. The summed E-state index contributed by atoms with van der Waals surface area (Å²) in [6, 6.07) is 15.1. The van der Waals surface area contributed by atoms with Crippen molar-refractivity contribution < 1.29 is 14.3 Å². The maximum atomic E-state index is 13.4. The zero-order valence-electron chi connectivity index (χ0n) is 19.0. The Bertz CT molecular complexity index is 912. The number of methoxy groups -OCH3 is 1. The first-order valence-corrected chi connectivity index (χ1v) is 11.6. The number of aryl methyl sites for hydroxylation is 1. The fourth-order valence-corrected chi connectivity index (χ4v) is 4.92. The van der Waals surface area contributed by atoms with Crippen LogP contribution in [0.25, 0.3) is 0 Å². The number of hydrogen-bond donors (Lipinski definition) is 1. The van der Waals surface area contributed by atoms with Gasteiger partial charge < -0.3 is 15.0 Å². The van der Waals surface area contributed by atoms with Crippen LogP contribution in [0.2, 0.25) is 0 Å². The number of nitrogens with zero attached hydrogens (tertiary/aromatic N) is 2. The number of carbonyl (C=O) groups excluding carboxylic acids is 2. The molecule has 1 saturated carbocycles. The number of nitrogens with one attached hydrogen (secondary N) is 1. The predicted molar refractivity (Wildman–Crippen MR) is 126 cm³/mol. The minimum Gasteiger partial charge on any atom is -0.497 e. The first kappa shape index (κ1) is 22.3. The van der Waals surface area contributed by atoms with E-state index in [1.165, 1.54) is 12.8 Å². The summed E-state index contributed by atoms with van der Waals surface area (Å²) in [5, 5.41) is 3.12. The molecule has 1 atom stereocenters. The molecule has 0 radical (unpaired) electrons. The Labute approximate surface area is 190 Å². The van der Waals surface area contributed by atoms with E-state index in [0.717, 1.165) is 48.5 Å². The standard InChI is InChI=1S/C26H33N3O3/c1-19-7-9-21(10-8-19)26(31)29-17-15-28(16-18-29)24(20-5-3-4-6-20)25(30)27-22-11-13-23(32-2)14-12-22/h7-14,20,24H,3-6,15-18H2,1-2H3,(H,27,30)/t24-/m1/s1. The number of benzene rings is 2. The van der Waals surface area contributed by atoms with Crippen molar-refractivity contribution in [1.29, 1.82) is 0 Å². The highest BCUT2D eigenvalue weighted by atomic mass is 16.5. The van der Waals surface area contributed by atoms with Crippen molar-refractivity contribution in [2.45, 2.75) is 38.6 Å². The van der Waals surface area contributed by atoms with Crippen molar-refractivity contribution in [3.05, 3.63) is 59.7 Å². The van der Waals surface area contributed by atoms with E-state index >= 15 is 0 Å². The number of rotatable bonds is 6. The molecule has 0 spiro atoms. The van der Waals surface area contributed by atoms with Gasteiger partial charge in [0.15, 0.2) is 0 Å². The maximum absolute atomic E-state index is 13.4. The number of hydrogen-bond acceptors (Lipinski definition) is 4. The molecule has 0 aromatic heterocycles. The van der Waals surface area contributed by atoms with Gasteiger partial charge in [-0.1, -0.05) is 30.5 Å². The van der Waals surface area contributed by atoms with Gasteiger partial charge in [0.25, 0.3) is 5.91 Å². The molecule has 4 rings (SSSR count). The molecule has 0 unspecified atom stereocenters. The van der Waals surface area contributed by atoms with Gasteiger partial charge in [-0.3, -0.25) is 14.5 Å². The minimum absolute atomic E-state index is 0.0559. The zero-order valence-corrected chi connectivity index (χ0v) is 19.0. The average molecular weight is 436 g/mol. The molecule has 2 aliphatic rings. The Balaban J connectivity index is 1.41. The van der Waals surface area contributed by atoms with Crippen LogP contribution in [0.4, 0.5) is 5.69 Å². The summed E-state index contributed by atoms with van der Waals surface area (Å²) >= 11 is 0. The quantitative estimate of drug-likeness (QED) is 0.746. The molecule has 1 aliphatic carbocycles. The molecule has 2 fully saturated rings. The number of carbonyl (C=O) groups is 2. The second-order valence-corrected chi connectivity index (χ2v) is 8.90. The average Bonchev–Trinajstić information content (AvgIpc) is 3.34. The van der Waals surface area contributed by atoms with Gasteiger partial charge in [-0.15, -0.1) is 0 Å². The van der Waals surface area contributed by atoms with Crippen LogP contribution >= 0.6 is 0 Å². The molecule has 2 amide bonds. The summed E-state index contributed by atoms with van der Waals surface area (Å²) in [5.74, 6) is 1.27. The van der Waals surface area contributed by atoms with E-state index in [4.69, 9.17) is 4.74 Å². The van der Waals surface area contributed by atoms with Gasteiger partial charge in [0.2, 0.25) is 5.91 Å². The molecular formula is C26H33N3O3. The molecule has 1 saturated heterocycles. The molecule has 1 aliphatic heterocycles. The smallest absolute Gasteiger partial charge is 0.253 e. The normalized spacial score (nSPS) is 18.4. The van der Waals surface area contributed by atoms with Gasteiger partial charge >= 0.3 is 0 Å². The minimum atomic E-state index is -0.156. The highest BCUT2D eigenvalue weighted by molar-refractivity contribution is 5.95. The molecule has 1 heterocycles. The van der Waals surface area contributed by atoms with E-state index < -0.39 is 0 Å². The van der Waals surface area contributed by atoms with Gasteiger partial charge in [0, 0.05) is 37.4 Å². The van der Waals surface area contributed by atoms with E-state index in [9.17, 15) is 9.59 Å². The number of amides is 2. The van der Waals surface area contributed by atoms with Crippen LogP contribution in [0, 0.1) is 12.8 Å². The van der Waals surface area contributed by atoms with Gasteiger partial charge in [-0.25, -0.2) is 0 Å². The van der Waals surface area contributed by atoms with Crippen LogP contribution in [-0.2, 0) is 4.79 Å². The van der Waals surface area contributed by atoms with Crippen molar-refractivity contribution in [2.75, 3.05) is 38.6 Å². The Morgan fingerprint density at radius 3 is 2.16 bits per heavy atom. The number of piperazine rings is 1. The first-order valence-electron chi connectivity index (χ1n) is 11.6. The molecule has 1 N–H and O–H groups in total. The lowest BCUT2D eigenvalue weighted by molar-refractivity contribution is -0.123. The summed E-state index contributed by atoms with van der Waals surface area (Å²) < 4.78 is 5.21. The highest BCUT2D eigenvalue weighted by Gasteiger charge is 2.37. The summed E-state index contributed by atoms with van der Waals surface area (Å²) in [6.45, 7) is 4.74. The van der Waals surface area contributed by atoms with Gasteiger partial charge in [0.05, 0.1) is 13.2 Å². The van der Waals surface area contributed by atoms with Crippen molar-refractivity contribution in [3.8, 4) is 5.75 Å². The Morgan fingerprint density at radius 2 is 1.56 bits per heavy atom. The summed E-state index contributed by atoms with van der Waals surface area (Å²) in [6.07, 6.45) is 4.54. The molecular weight excluding hydrogens is 402 g/mol. The molecule has 0 bridgehead atoms. The second kappa shape index (κ2) is 10.2. The third-order valence-electron chi connectivity index (χ3n) is 6.77. The Hall–Kier alpha value is -2.86. The molecule has 2 aromatic rings. The van der Waals surface area contributed by atoms with Gasteiger partial charge in [-0.2, -0.15) is 0 Å². The SMILES string of the molecule is COc1ccc(NC(=O)[C@@H](C2CCCC2)N2CCN(C(=O)c3ccc(C)cc3)CC2)cc1. The fourth-order valence-electron chi connectivity index (χ4n) is 4.92. The number of anilines is 1. The van der Waals surface area contributed by atoms with E-state index in [1.54, 1.807) is 7.11 Å². The summed E-state index contributed by atoms with van der Waals surface area (Å²) in [7, 11) is 1.63. The van der Waals surface area contributed by atoms with Crippen LogP contribution in [0.15, 0.2) is 48.5 Å². The first-order chi connectivity index (χ1) is 15.5. The maximum Gasteiger partial charge on any atom is 0.253 e. The lowest BCUT2D eigenvalue weighted by atomic mass is 9.94. The van der Waals surface area contributed by atoms with Crippen LogP contribution in [0.1, 0.15) is 41.6 Å². The fraction of sp³-hybridized carbons (Fsp3) is 0.462. The third-order valence-corrected chi connectivity index (χ3v) is 6.77. The lowest BCUT2D eigenvalue weighted by Crippen LogP contribution is -2.56. The largest absolute Gasteiger partial charge is 0.497 e. The van der Waals surface area contributed by atoms with Crippen molar-refractivity contribution in [3.63, 3.8) is 0 Å². The lowest BCUT2D eigenvalue weighted by Gasteiger charge is -2.40. The van der Waals surface area contributed by atoms with Crippen molar-refractivity contribution >= 4 is 17.5 Å². The third kappa shape index (κ3) is 5.13. The second-order valence-electron chi connectivity index (χ2n) is 8.90. The van der Waals surface area contributed by atoms with Crippen LogP contribution < -0.4 is 10.1 Å². The van der Waals surface area contributed by atoms with Crippen molar-refractivity contribution in [1.82, 2.24) is 9.80 Å². The van der Waals surface area contributed by atoms with E-state index in [0.29, 0.717) is 19.0 Å². The predicted octanol–water partition coefficient (Wildman–Crippen LogP) is 3.96. The molecule has 6 nitrogen and oxygen atoms in total.